The lowest BCUT2D eigenvalue weighted by molar-refractivity contribution is -0.113. The van der Waals surface area contributed by atoms with Gasteiger partial charge in [0.1, 0.15) is 23.2 Å². The maximum Gasteiger partial charge on any atom is 0.270 e. The van der Waals surface area contributed by atoms with Crippen LogP contribution in [0.5, 0.6) is 0 Å². The Bertz CT molecular complexity index is 1170. The largest absolute Gasteiger partial charge is 0.457 e. The fourth-order valence-electron chi connectivity index (χ4n) is 2.98. The van der Waals surface area contributed by atoms with Crippen molar-refractivity contribution in [1.82, 2.24) is 0 Å². The molecule has 0 N–H and O–H groups in total. The molecule has 1 amide bonds. The van der Waals surface area contributed by atoms with Crippen LogP contribution in [0.3, 0.4) is 0 Å². The van der Waals surface area contributed by atoms with E-state index in [4.69, 9.17) is 16.6 Å². The van der Waals surface area contributed by atoms with E-state index in [9.17, 15) is 13.6 Å². The third kappa shape index (κ3) is 3.88. The first-order chi connectivity index (χ1) is 14.3. The zero-order chi connectivity index (χ0) is 21.4. The van der Waals surface area contributed by atoms with Gasteiger partial charge in [0.15, 0.2) is 4.32 Å². The van der Waals surface area contributed by atoms with Crippen LogP contribution in [-0.4, -0.2) is 24.3 Å². The van der Waals surface area contributed by atoms with Crippen LogP contribution in [0, 0.1) is 11.6 Å². The molecule has 3 aromatic rings. The number of halogens is 2. The third-order valence-electron chi connectivity index (χ3n) is 4.51. The van der Waals surface area contributed by atoms with Gasteiger partial charge in [-0.3, -0.25) is 9.69 Å². The summed E-state index contributed by atoms with van der Waals surface area (Å²) < 4.78 is 33.2. The van der Waals surface area contributed by atoms with E-state index < -0.39 is 11.6 Å². The molecule has 1 saturated heterocycles. The van der Waals surface area contributed by atoms with E-state index in [2.05, 4.69) is 0 Å². The second kappa shape index (κ2) is 8.04. The first kappa shape index (κ1) is 20.3. The minimum absolute atomic E-state index is 0.143. The van der Waals surface area contributed by atoms with Gasteiger partial charge in [-0.2, -0.15) is 0 Å². The van der Waals surface area contributed by atoms with Crippen molar-refractivity contribution in [2.45, 2.75) is 0 Å². The van der Waals surface area contributed by atoms with E-state index in [0.29, 0.717) is 20.7 Å². The molecule has 2 heterocycles. The van der Waals surface area contributed by atoms with Gasteiger partial charge < -0.3 is 9.32 Å². The van der Waals surface area contributed by atoms with Gasteiger partial charge in [0.05, 0.1) is 16.2 Å². The lowest BCUT2D eigenvalue weighted by atomic mass is 10.1. The molecule has 4 rings (SSSR count). The van der Waals surface area contributed by atoms with E-state index in [1.54, 1.807) is 18.2 Å². The van der Waals surface area contributed by atoms with Crippen molar-refractivity contribution in [3.8, 4) is 11.3 Å². The van der Waals surface area contributed by atoms with Gasteiger partial charge in [-0.15, -0.1) is 0 Å². The SMILES string of the molecule is CN(C)c1ccc(N2C(=O)/C(=C\c3ccc(-c4ccc(F)cc4F)o3)SC2=S)cc1. The summed E-state index contributed by atoms with van der Waals surface area (Å²) in [5.41, 5.74) is 1.83. The maximum atomic E-state index is 14.0. The van der Waals surface area contributed by atoms with E-state index >= 15 is 0 Å². The Morgan fingerprint density at radius 1 is 1.07 bits per heavy atom. The maximum absolute atomic E-state index is 14.0. The molecule has 0 saturated carbocycles. The average Bonchev–Trinajstić information content (AvgIpc) is 3.26. The van der Waals surface area contributed by atoms with Crippen molar-refractivity contribution >= 4 is 51.7 Å². The van der Waals surface area contributed by atoms with Crippen LogP contribution >= 0.6 is 24.0 Å². The van der Waals surface area contributed by atoms with Crippen molar-refractivity contribution < 1.29 is 18.0 Å². The molecular weight excluding hydrogens is 426 g/mol. The van der Waals surface area contributed by atoms with Crippen molar-refractivity contribution in [2.24, 2.45) is 0 Å². The van der Waals surface area contributed by atoms with Crippen molar-refractivity contribution in [1.29, 1.82) is 0 Å². The quantitative estimate of drug-likeness (QED) is 0.383. The number of thiocarbonyl (C=S) groups is 1. The van der Waals surface area contributed by atoms with Gasteiger partial charge >= 0.3 is 0 Å². The van der Waals surface area contributed by atoms with Gasteiger partial charge in [-0.05, 0) is 48.5 Å². The minimum Gasteiger partial charge on any atom is -0.457 e. The first-order valence-corrected chi connectivity index (χ1v) is 10.2. The molecule has 1 aliphatic rings. The molecule has 1 fully saturated rings. The number of furan rings is 1. The van der Waals surface area contributed by atoms with Gasteiger partial charge in [-0.25, -0.2) is 8.78 Å². The Hall–Kier alpha value is -2.97. The fourth-order valence-corrected chi connectivity index (χ4v) is 4.26. The highest BCUT2D eigenvalue weighted by Crippen LogP contribution is 2.37. The van der Waals surface area contributed by atoms with Crippen LogP contribution in [0.1, 0.15) is 5.76 Å². The molecule has 2 aromatic carbocycles. The first-order valence-electron chi connectivity index (χ1n) is 8.94. The van der Waals surface area contributed by atoms with Gasteiger partial charge in [0.2, 0.25) is 0 Å². The summed E-state index contributed by atoms with van der Waals surface area (Å²) in [6, 6.07) is 14.0. The second-order valence-electron chi connectivity index (χ2n) is 6.75. The summed E-state index contributed by atoms with van der Waals surface area (Å²) >= 11 is 6.56. The minimum atomic E-state index is -0.719. The average molecular weight is 443 g/mol. The van der Waals surface area contributed by atoms with Gasteiger partial charge in [0.25, 0.3) is 5.91 Å². The summed E-state index contributed by atoms with van der Waals surface area (Å²) in [6.45, 7) is 0. The summed E-state index contributed by atoms with van der Waals surface area (Å²) in [5.74, 6) is -1.02. The van der Waals surface area contributed by atoms with Crippen molar-refractivity contribution in [2.75, 3.05) is 23.9 Å². The van der Waals surface area contributed by atoms with Crippen molar-refractivity contribution in [3.63, 3.8) is 0 Å². The number of anilines is 2. The standard InChI is InChI=1S/C22H16F2N2O2S2/c1-25(2)14-4-6-15(7-5-14)26-21(27)20(30-22(26)29)12-16-8-10-19(28-16)17-9-3-13(23)11-18(17)24/h3-12H,1-2H3/b20-12+. The highest BCUT2D eigenvalue weighted by Gasteiger charge is 2.33. The Balaban J connectivity index is 1.59. The number of nitrogens with zero attached hydrogens (tertiary/aromatic N) is 2. The summed E-state index contributed by atoms with van der Waals surface area (Å²) in [5, 5.41) is 0. The zero-order valence-corrected chi connectivity index (χ0v) is 17.7. The molecule has 152 valence electrons. The topological polar surface area (TPSA) is 36.7 Å². The summed E-state index contributed by atoms with van der Waals surface area (Å²) in [4.78, 5) is 16.7. The normalized spacial score (nSPS) is 15.3. The number of rotatable bonds is 4. The smallest absolute Gasteiger partial charge is 0.270 e. The number of thioether (sulfide) groups is 1. The molecule has 0 bridgehead atoms. The van der Waals surface area contributed by atoms with Crippen LogP contribution in [0.4, 0.5) is 20.2 Å². The van der Waals surface area contributed by atoms with Crippen LogP contribution < -0.4 is 9.80 Å². The van der Waals surface area contributed by atoms with Crippen LogP contribution in [0.15, 0.2) is 63.9 Å². The predicted molar refractivity (Wildman–Crippen MR) is 120 cm³/mol. The molecule has 4 nitrogen and oxygen atoms in total. The van der Waals surface area contributed by atoms with E-state index in [-0.39, 0.29) is 17.2 Å². The molecule has 0 spiro atoms. The van der Waals surface area contributed by atoms with Crippen LogP contribution in [0.25, 0.3) is 17.4 Å². The number of amides is 1. The highest BCUT2D eigenvalue weighted by molar-refractivity contribution is 8.27. The molecule has 1 aliphatic heterocycles. The summed E-state index contributed by atoms with van der Waals surface area (Å²) in [6.07, 6.45) is 1.57. The Morgan fingerprint density at radius 2 is 1.80 bits per heavy atom. The van der Waals surface area contributed by atoms with Gasteiger partial charge in [-0.1, -0.05) is 24.0 Å². The molecule has 8 heteroatoms. The number of hydrogen-bond donors (Lipinski definition) is 0. The Kier molecular flexibility index (Phi) is 5.44. The molecule has 0 unspecified atom stereocenters. The monoisotopic (exact) mass is 442 g/mol. The predicted octanol–water partition coefficient (Wildman–Crippen LogP) is 5.70. The van der Waals surface area contributed by atoms with E-state index in [1.807, 2.05) is 43.3 Å². The number of carbonyl (C=O) groups is 1. The second-order valence-corrected chi connectivity index (χ2v) is 8.43. The Morgan fingerprint density at radius 3 is 2.47 bits per heavy atom. The number of hydrogen-bond acceptors (Lipinski definition) is 5. The fraction of sp³-hybridized carbons (Fsp3) is 0.0909. The number of carbonyl (C=O) groups excluding carboxylic acids is 1. The molecule has 30 heavy (non-hydrogen) atoms. The van der Waals surface area contributed by atoms with E-state index in [1.165, 1.54) is 22.7 Å². The molecular formula is C22H16F2N2O2S2. The molecule has 0 atom stereocenters. The molecule has 1 aromatic heterocycles. The molecule has 0 radical (unpaired) electrons. The molecule has 0 aliphatic carbocycles. The summed E-state index contributed by atoms with van der Waals surface area (Å²) in [7, 11) is 3.87. The lowest BCUT2D eigenvalue weighted by Gasteiger charge is -2.17. The van der Waals surface area contributed by atoms with Gasteiger partial charge in [0, 0.05) is 31.9 Å². The number of benzene rings is 2. The highest BCUT2D eigenvalue weighted by atomic mass is 32.2. The Labute approximate surface area is 181 Å². The van der Waals surface area contributed by atoms with E-state index in [0.717, 1.165) is 17.8 Å². The van der Waals surface area contributed by atoms with Crippen molar-refractivity contribution in [3.05, 3.63) is 76.9 Å². The third-order valence-corrected chi connectivity index (χ3v) is 5.82. The zero-order valence-electron chi connectivity index (χ0n) is 16.1. The lowest BCUT2D eigenvalue weighted by Crippen LogP contribution is -2.27. The van der Waals surface area contributed by atoms with Crippen LogP contribution in [0.2, 0.25) is 0 Å². The van der Waals surface area contributed by atoms with Crippen LogP contribution in [-0.2, 0) is 4.79 Å².